The number of hydroxylamine groups is 2. The van der Waals surface area contributed by atoms with Crippen LogP contribution in [0.5, 0.6) is 11.5 Å². The highest BCUT2D eigenvalue weighted by Crippen LogP contribution is 2.18. The summed E-state index contributed by atoms with van der Waals surface area (Å²) in [4.78, 5) is 75.8. The Hall–Kier alpha value is -7.84. The van der Waals surface area contributed by atoms with E-state index < -0.39 is 35.7 Å². The number of carbonyl (C=O) groups excluding carboxylic acids is 5. The Kier molecular flexibility index (Phi) is 13.3. The number of hydrogen-bond acceptors (Lipinski definition) is 11. The lowest BCUT2D eigenvalue weighted by atomic mass is 9.99. The van der Waals surface area contributed by atoms with Crippen LogP contribution in [0.25, 0.3) is 12.2 Å². The number of phenols is 2. The lowest BCUT2D eigenvalue weighted by Crippen LogP contribution is -2.42. The van der Waals surface area contributed by atoms with E-state index in [1.165, 1.54) is 60.7 Å². The van der Waals surface area contributed by atoms with Gasteiger partial charge in [0.1, 0.15) is 40.8 Å². The summed E-state index contributed by atoms with van der Waals surface area (Å²) in [7, 11) is 0. The van der Waals surface area contributed by atoms with Crippen LogP contribution in [0.4, 0.5) is 0 Å². The number of amides is 3. The molecule has 0 aliphatic carbocycles. The fourth-order valence-corrected chi connectivity index (χ4v) is 4.77. The smallest absolute Gasteiger partial charge is 0.374 e. The lowest BCUT2D eigenvalue weighted by molar-refractivity contribution is -0.194. The zero-order valence-corrected chi connectivity index (χ0v) is 28.2. The Labute approximate surface area is 308 Å². The second-order valence-corrected chi connectivity index (χ2v) is 11.4. The number of phenolic OH excluding ortho intramolecular Hbond substituents is 2. The molecule has 0 radical (unpaired) electrons. The molecule has 1 heterocycles. The number of carboxylic acids is 1. The van der Waals surface area contributed by atoms with Crippen LogP contribution >= 0.6 is 0 Å². The quantitative estimate of drug-likeness (QED) is 0.0735. The van der Waals surface area contributed by atoms with Crippen molar-refractivity contribution in [3.63, 3.8) is 0 Å². The highest BCUT2D eigenvalue weighted by Gasteiger charge is 2.33. The van der Waals surface area contributed by atoms with Gasteiger partial charge in [0.05, 0.1) is 0 Å². The van der Waals surface area contributed by atoms with Crippen molar-refractivity contribution in [1.82, 2.24) is 10.4 Å². The number of rotatable bonds is 11. The number of nitrogens with zero attached hydrogens (tertiary/aromatic N) is 3. The summed E-state index contributed by atoms with van der Waals surface area (Å²) in [6, 6.07) is 29.0. The molecule has 14 heteroatoms. The van der Waals surface area contributed by atoms with Gasteiger partial charge < -0.3 is 25.5 Å². The average molecular weight is 727 g/mol. The van der Waals surface area contributed by atoms with Crippen molar-refractivity contribution in [1.29, 1.82) is 10.5 Å². The molecule has 4 N–H and O–H groups in total. The van der Waals surface area contributed by atoms with Crippen LogP contribution in [0.2, 0.25) is 0 Å². The standard InChI is InChI=1S/C26H20N2O5.C14H10N2O5/c27-16-21(14-17-8-12-22(29)13-9-17)25(31)28-23(26(32)33)15-18-6-10-20(11-7-18)24(30)19-4-2-1-3-5-19;15-8-10(7-9-1-3-11(17)4-2-9)14(20)21-16-12(18)5-6-13(16)19/h1-14,23,29H,15H2,(H,28,31)(H,32,33);1-4,7,17H,5-6H2/b21-14+;10-7+/t23-;/m0./s1. The van der Waals surface area contributed by atoms with Gasteiger partial charge >= 0.3 is 11.9 Å². The summed E-state index contributed by atoms with van der Waals surface area (Å²) < 4.78 is 0. The molecule has 3 amide bonds. The van der Waals surface area contributed by atoms with Crippen molar-refractivity contribution < 1.29 is 48.9 Å². The topological polar surface area (TPSA) is 235 Å². The third kappa shape index (κ3) is 10.8. The first-order valence-electron chi connectivity index (χ1n) is 16.0. The van der Waals surface area contributed by atoms with Crippen LogP contribution in [-0.4, -0.2) is 61.9 Å². The number of ketones is 1. The molecule has 1 atom stereocenters. The van der Waals surface area contributed by atoms with Gasteiger partial charge in [0.2, 0.25) is 0 Å². The third-order valence-electron chi connectivity index (χ3n) is 7.59. The Morgan fingerprint density at radius 2 is 1.20 bits per heavy atom. The predicted octanol–water partition coefficient (Wildman–Crippen LogP) is 4.25. The number of aromatic hydroxyl groups is 2. The molecule has 0 spiro atoms. The normalized spacial score (nSPS) is 13.0. The Morgan fingerprint density at radius 1 is 0.722 bits per heavy atom. The molecule has 0 saturated carbocycles. The molecule has 4 aromatic carbocycles. The maximum Gasteiger partial charge on any atom is 0.374 e. The molecule has 1 aliphatic rings. The molecule has 1 fully saturated rings. The zero-order valence-electron chi connectivity index (χ0n) is 28.2. The van der Waals surface area contributed by atoms with Crippen LogP contribution in [0.3, 0.4) is 0 Å². The summed E-state index contributed by atoms with van der Waals surface area (Å²) in [6.45, 7) is 0. The summed E-state index contributed by atoms with van der Waals surface area (Å²) in [5.74, 6) is -4.47. The van der Waals surface area contributed by atoms with Crippen LogP contribution < -0.4 is 5.32 Å². The maximum atomic E-state index is 12.5. The van der Waals surface area contributed by atoms with Crippen molar-refractivity contribution in [2.24, 2.45) is 0 Å². The van der Waals surface area contributed by atoms with Crippen molar-refractivity contribution >= 4 is 47.6 Å². The SMILES string of the molecule is N#C/C(=C\c1ccc(O)cc1)C(=O)N[C@@H](Cc1ccc(C(=O)c2ccccc2)cc1)C(=O)O.N#C/C(=C\c1ccc(O)cc1)C(=O)ON1C(=O)CCC1=O. The molecule has 0 bridgehead atoms. The molecular weight excluding hydrogens is 696 g/mol. The highest BCUT2D eigenvalue weighted by atomic mass is 16.7. The van der Waals surface area contributed by atoms with Gasteiger partial charge in [-0.25, -0.2) is 9.59 Å². The first-order chi connectivity index (χ1) is 25.9. The number of hydrogen-bond donors (Lipinski definition) is 4. The molecule has 1 saturated heterocycles. The van der Waals surface area contributed by atoms with Crippen molar-refractivity contribution in [2.75, 3.05) is 0 Å². The van der Waals surface area contributed by atoms with E-state index in [0.29, 0.717) is 32.9 Å². The Bertz CT molecular complexity index is 2180. The van der Waals surface area contributed by atoms with Crippen LogP contribution in [0.15, 0.2) is 114 Å². The van der Waals surface area contributed by atoms with E-state index in [1.54, 1.807) is 60.7 Å². The summed E-state index contributed by atoms with van der Waals surface area (Å²) in [6.07, 6.45) is 2.47. The molecule has 14 nitrogen and oxygen atoms in total. The maximum absolute atomic E-state index is 12.5. The van der Waals surface area contributed by atoms with Gasteiger partial charge in [-0.2, -0.15) is 10.5 Å². The molecule has 0 aromatic heterocycles. The van der Waals surface area contributed by atoms with E-state index in [9.17, 15) is 44.2 Å². The van der Waals surface area contributed by atoms with Crippen LogP contribution in [0, 0.1) is 22.7 Å². The monoisotopic (exact) mass is 726 g/mol. The second-order valence-electron chi connectivity index (χ2n) is 11.4. The van der Waals surface area contributed by atoms with E-state index in [-0.39, 0.29) is 47.7 Å². The van der Waals surface area contributed by atoms with E-state index in [0.717, 1.165) is 0 Å². The minimum absolute atomic E-state index is 0.0182. The predicted molar refractivity (Wildman–Crippen MR) is 190 cm³/mol. The zero-order chi connectivity index (χ0) is 39.2. The van der Waals surface area contributed by atoms with E-state index >= 15 is 0 Å². The third-order valence-corrected chi connectivity index (χ3v) is 7.59. The molecule has 5 rings (SSSR count). The lowest BCUT2D eigenvalue weighted by Gasteiger charge is -2.14. The van der Waals surface area contributed by atoms with E-state index in [1.807, 2.05) is 6.07 Å². The van der Waals surface area contributed by atoms with E-state index in [2.05, 4.69) is 10.2 Å². The fourth-order valence-electron chi connectivity index (χ4n) is 4.77. The van der Waals surface area contributed by atoms with Gasteiger partial charge in [-0.05, 0) is 53.1 Å². The highest BCUT2D eigenvalue weighted by molar-refractivity contribution is 6.09. The first-order valence-corrected chi connectivity index (χ1v) is 16.0. The van der Waals surface area contributed by atoms with Crippen LogP contribution in [-0.2, 0) is 35.2 Å². The average Bonchev–Trinajstić information content (AvgIpc) is 3.49. The number of benzene rings is 4. The number of nitriles is 2. The van der Waals surface area contributed by atoms with Crippen LogP contribution in [0.1, 0.15) is 45.5 Å². The summed E-state index contributed by atoms with van der Waals surface area (Å²) >= 11 is 0. The minimum atomic E-state index is -1.27. The van der Waals surface area contributed by atoms with Gasteiger partial charge in [-0.15, -0.1) is 5.06 Å². The minimum Gasteiger partial charge on any atom is -0.508 e. The summed E-state index contributed by atoms with van der Waals surface area (Å²) in [5.41, 5.74) is 1.97. The number of nitrogens with one attached hydrogen (secondary N) is 1. The molecular formula is C40H30N4O10. The molecule has 270 valence electrons. The van der Waals surface area contributed by atoms with Gasteiger partial charge in [0.25, 0.3) is 17.7 Å². The molecule has 1 aliphatic heterocycles. The second kappa shape index (κ2) is 18.4. The molecule has 54 heavy (non-hydrogen) atoms. The fraction of sp³-hybridized carbons (Fsp3) is 0.100. The number of imide groups is 1. The van der Waals surface area contributed by atoms with Crippen molar-refractivity contribution in [3.05, 3.63) is 142 Å². The number of carbonyl (C=O) groups is 6. The van der Waals surface area contributed by atoms with Crippen molar-refractivity contribution in [2.45, 2.75) is 25.3 Å². The number of carboxylic acid groups (broad SMARTS) is 1. The van der Waals surface area contributed by atoms with Gasteiger partial charge in [-0.3, -0.25) is 19.2 Å². The largest absolute Gasteiger partial charge is 0.508 e. The summed E-state index contributed by atoms with van der Waals surface area (Å²) in [5, 5.41) is 49.1. The van der Waals surface area contributed by atoms with Gasteiger partial charge in [-0.1, -0.05) is 78.9 Å². The van der Waals surface area contributed by atoms with Crippen molar-refractivity contribution in [3.8, 4) is 23.6 Å². The molecule has 0 unspecified atom stereocenters. The van der Waals surface area contributed by atoms with Gasteiger partial charge in [0.15, 0.2) is 5.78 Å². The first kappa shape index (κ1) is 39.0. The van der Waals surface area contributed by atoms with Gasteiger partial charge in [0, 0.05) is 30.4 Å². The Morgan fingerprint density at radius 3 is 1.69 bits per heavy atom. The molecule has 4 aromatic rings. The van der Waals surface area contributed by atoms with E-state index in [4.69, 9.17) is 10.4 Å². The number of aliphatic carboxylic acids is 1. The Balaban J connectivity index is 0.000000266.